The molecule has 0 bridgehead atoms. The van der Waals surface area contributed by atoms with Gasteiger partial charge in [-0.3, -0.25) is 4.79 Å². The minimum absolute atomic E-state index is 0.0445. The van der Waals surface area contributed by atoms with Crippen LogP contribution in [-0.2, 0) is 16.1 Å². The van der Waals surface area contributed by atoms with Crippen LogP contribution in [0.3, 0.4) is 0 Å². The number of nitriles is 1. The molecule has 37 heavy (non-hydrogen) atoms. The highest BCUT2D eigenvalue weighted by Gasteiger charge is 2.24. The predicted octanol–water partition coefficient (Wildman–Crippen LogP) is 4.86. The second-order valence-electron chi connectivity index (χ2n) is 7.90. The van der Waals surface area contributed by atoms with Crippen LogP contribution in [0.5, 0.6) is 5.75 Å². The van der Waals surface area contributed by atoms with Gasteiger partial charge in [0.05, 0.1) is 17.4 Å². The normalized spacial score (nSPS) is 10.6. The van der Waals surface area contributed by atoms with Crippen LogP contribution in [0.2, 0.25) is 0 Å². The number of para-hydroxylation sites is 3. The van der Waals surface area contributed by atoms with E-state index in [0.29, 0.717) is 28.0 Å². The van der Waals surface area contributed by atoms with Gasteiger partial charge < -0.3 is 19.2 Å². The zero-order chi connectivity index (χ0) is 25.6. The smallest absolute Gasteiger partial charge is 0.375 e. The van der Waals surface area contributed by atoms with Gasteiger partial charge >= 0.3 is 5.97 Å². The van der Waals surface area contributed by atoms with E-state index in [9.17, 15) is 14.9 Å². The van der Waals surface area contributed by atoms with Crippen LogP contribution in [0.4, 0.5) is 5.82 Å². The fraction of sp³-hybridized carbons (Fsp3) is 0.0714. The van der Waals surface area contributed by atoms with Gasteiger partial charge in [-0.1, -0.05) is 54.6 Å². The van der Waals surface area contributed by atoms with Gasteiger partial charge in [-0.2, -0.15) is 10.4 Å². The van der Waals surface area contributed by atoms with Crippen molar-refractivity contribution in [2.24, 2.45) is 0 Å². The van der Waals surface area contributed by atoms with Crippen molar-refractivity contribution < 1.29 is 23.5 Å². The van der Waals surface area contributed by atoms with Gasteiger partial charge in [0, 0.05) is 5.39 Å². The summed E-state index contributed by atoms with van der Waals surface area (Å²) in [5.74, 6) is -0.682. The lowest BCUT2D eigenvalue weighted by Gasteiger charge is -2.10. The van der Waals surface area contributed by atoms with E-state index in [1.54, 1.807) is 36.4 Å². The zero-order valence-electron chi connectivity index (χ0n) is 19.5. The molecule has 2 heterocycles. The molecule has 3 aromatic carbocycles. The summed E-state index contributed by atoms with van der Waals surface area (Å²) >= 11 is 0. The van der Waals surface area contributed by atoms with E-state index in [4.69, 9.17) is 13.9 Å². The third-order valence-corrected chi connectivity index (χ3v) is 5.49. The van der Waals surface area contributed by atoms with E-state index in [1.165, 1.54) is 10.9 Å². The fourth-order valence-electron chi connectivity index (χ4n) is 3.76. The molecule has 0 atom stereocenters. The number of aromatic nitrogens is 2. The Morgan fingerprint density at radius 1 is 0.973 bits per heavy atom. The third-order valence-electron chi connectivity index (χ3n) is 5.49. The van der Waals surface area contributed by atoms with Crippen LogP contribution in [0, 0.1) is 11.3 Å². The molecule has 0 fully saturated rings. The number of benzene rings is 3. The average Bonchev–Trinajstić information content (AvgIpc) is 3.52. The summed E-state index contributed by atoms with van der Waals surface area (Å²) in [6, 6.07) is 27.4. The van der Waals surface area contributed by atoms with Gasteiger partial charge in [0.25, 0.3) is 5.91 Å². The Labute approximate surface area is 211 Å². The van der Waals surface area contributed by atoms with Crippen molar-refractivity contribution in [3.63, 3.8) is 0 Å². The Kier molecular flexibility index (Phi) is 6.63. The molecule has 0 saturated carbocycles. The topological polar surface area (TPSA) is 119 Å². The highest BCUT2D eigenvalue weighted by atomic mass is 16.5. The molecule has 1 amide bonds. The van der Waals surface area contributed by atoms with E-state index in [-0.39, 0.29) is 23.7 Å². The van der Waals surface area contributed by atoms with Crippen molar-refractivity contribution >= 4 is 28.7 Å². The molecule has 9 nitrogen and oxygen atoms in total. The molecule has 0 aliphatic carbocycles. The van der Waals surface area contributed by atoms with Crippen LogP contribution >= 0.6 is 0 Å². The average molecular weight is 492 g/mol. The Balaban J connectivity index is 1.31. The van der Waals surface area contributed by atoms with Crippen molar-refractivity contribution in [2.45, 2.75) is 6.61 Å². The van der Waals surface area contributed by atoms with E-state index in [1.807, 2.05) is 54.6 Å². The summed E-state index contributed by atoms with van der Waals surface area (Å²) < 4.78 is 18.3. The summed E-state index contributed by atoms with van der Waals surface area (Å²) in [6.45, 7) is -0.529. The minimum Gasteiger partial charge on any atom is -0.489 e. The second-order valence-corrected chi connectivity index (χ2v) is 7.90. The van der Waals surface area contributed by atoms with E-state index in [2.05, 4.69) is 10.4 Å². The molecule has 182 valence electrons. The standard InChI is InChI=1S/C28H20N4O5/c29-15-19-16-30-32(20-9-3-1-4-10-20)27(19)31-25(33)18-36-28(34)26-23(17-35-21-11-5-2-6-12-21)22-13-7-8-14-24(22)37-26/h1-14,16H,17-18H2,(H,31,33). The third kappa shape index (κ3) is 5.04. The van der Waals surface area contributed by atoms with Crippen molar-refractivity contribution in [2.75, 3.05) is 11.9 Å². The lowest BCUT2D eigenvalue weighted by atomic mass is 10.1. The van der Waals surface area contributed by atoms with Gasteiger partial charge in [-0.25, -0.2) is 9.48 Å². The van der Waals surface area contributed by atoms with E-state index >= 15 is 0 Å². The number of carbonyl (C=O) groups excluding carboxylic acids is 2. The summed E-state index contributed by atoms with van der Waals surface area (Å²) in [6.07, 6.45) is 1.35. The SMILES string of the molecule is N#Cc1cnn(-c2ccccc2)c1NC(=O)COC(=O)c1oc2ccccc2c1COc1ccccc1. The molecule has 0 aliphatic heterocycles. The van der Waals surface area contributed by atoms with Crippen LogP contribution in [0.25, 0.3) is 16.7 Å². The van der Waals surface area contributed by atoms with E-state index in [0.717, 1.165) is 0 Å². The highest BCUT2D eigenvalue weighted by molar-refractivity contribution is 5.98. The number of nitrogens with zero attached hydrogens (tertiary/aromatic N) is 3. The van der Waals surface area contributed by atoms with Gasteiger partial charge in [-0.15, -0.1) is 0 Å². The number of hydrogen-bond acceptors (Lipinski definition) is 7. The Hall–Kier alpha value is -5.36. The number of ether oxygens (including phenoxy) is 2. The second kappa shape index (κ2) is 10.5. The molecule has 0 saturated heterocycles. The summed E-state index contributed by atoms with van der Waals surface area (Å²) in [7, 11) is 0. The maximum atomic E-state index is 12.9. The maximum absolute atomic E-state index is 12.9. The number of esters is 1. The molecular formula is C28H20N4O5. The number of anilines is 1. The van der Waals surface area contributed by atoms with Gasteiger partial charge in [0.2, 0.25) is 5.76 Å². The molecular weight excluding hydrogens is 472 g/mol. The van der Waals surface area contributed by atoms with Gasteiger partial charge in [-0.05, 0) is 30.3 Å². The number of furan rings is 1. The first-order valence-electron chi connectivity index (χ1n) is 11.3. The Morgan fingerprint density at radius 3 is 2.43 bits per heavy atom. The van der Waals surface area contributed by atoms with Crippen LogP contribution in [-0.4, -0.2) is 28.3 Å². The largest absolute Gasteiger partial charge is 0.489 e. The summed E-state index contributed by atoms with van der Waals surface area (Å²) in [5.41, 5.74) is 1.83. The molecule has 0 aliphatic rings. The number of amides is 1. The monoisotopic (exact) mass is 492 g/mol. The first-order chi connectivity index (χ1) is 18.1. The fourth-order valence-corrected chi connectivity index (χ4v) is 3.76. The minimum atomic E-state index is -0.810. The lowest BCUT2D eigenvalue weighted by Crippen LogP contribution is -2.23. The molecule has 1 N–H and O–H groups in total. The first kappa shape index (κ1) is 23.4. The van der Waals surface area contributed by atoms with Crippen molar-refractivity contribution in [1.29, 1.82) is 5.26 Å². The lowest BCUT2D eigenvalue weighted by molar-refractivity contribution is -0.119. The molecule has 0 spiro atoms. The summed E-state index contributed by atoms with van der Waals surface area (Å²) in [4.78, 5) is 25.6. The molecule has 5 rings (SSSR count). The highest BCUT2D eigenvalue weighted by Crippen LogP contribution is 2.28. The Morgan fingerprint density at radius 2 is 1.68 bits per heavy atom. The maximum Gasteiger partial charge on any atom is 0.375 e. The zero-order valence-corrected chi connectivity index (χ0v) is 19.5. The van der Waals surface area contributed by atoms with Crippen LogP contribution in [0.15, 0.2) is 95.5 Å². The van der Waals surface area contributed by atoms with Crippen molar-refractivity contribution in [1.82, 2.24) is 9.78 Å². The molecule has 0 radical (unpaired) electrons. The van der Waals surface area contributed by atoms with Crippen molar-refractivity contribution in [3.05, 3.63) is 108 Å². The number of carbonyl (C=O) groups is 2. The quantitative estimate of drug-likeness (QED) is 0.307. The van der Waals surface area contributed by atoms with Gasteiger partial charge in [0.1, 0.15) is 29.6 Å². The molecule has 5 aromatic rings. The molecule has 0 unspecified atom stereocenters. The van der Waals surface area contributed by atoms with E-state index < -0.39 is 18.5 Å². The van der Waals surface area contributed by atoms with Crippen LogP contribution in [0.1, 0.15) is 21.7 Å². The first-order valence-corrected chi connectivity index (χ1v) is 11.3. The molecule has 2 aromatic heterocycles. The number of nitrogens with one attached hydrogen (secondary N) is 1. The number of fused-ring (bicyclic) bond motifs is 1. The van der Waals surface area contributed by atoms with Gasteiger partial charge in [0.15, 0.2) is 12.4 Å². The van der Waals surface area contributed by atoms with Crippen LogP contribution < -0.4 is 10.1 Å². The molecule has 9 heteroatoms. The summed E-state index contributed by atoms with van der Waals surface area (Å²) in [5, 5.41) is 16.9. The Bertz CT molecular complexity index is 1600. The van der Waals surface area contributed by atoms with Crippen molar-refractivity contribution in [3.8, 4) is 17.5 Å². The predicted molar refractivity (Wildman–Crippen MR) is 134 cm³/mol. The number of hydrogen-bond donors (Lipinski definition) is 1. The number of rotatable bonds is 8.